The van der Waals surface area contributed by atoms with Crippen LogP contribution in [0.1, 0.15) is 62.4 Å². The van der Waals surface area contributed by atoms with Gasteiger partial charge in [0.2, 0.25) is 0 Å². The Morgan fingerprint density at radius 1 is 1.25 bits per heavy atom. The van der Waals surface area contributed by atoms with Crippen LogP contribution < -0.4 is 5.32 Å². The van der Waals surface area contributed by atoms with Gasteiger partial charge in [-0.1, -0.05) is 26.2 Å². The van der Waals surface area contributed by atoms with Gasteiger partial charge in [0, 0.05) is 18.8 Å². The predicted octanol–water partition coefficient (Wildman–Crippen LogP) is 3.53. The Hall–Kier alpha value is -0.830. The van der Waals surface area contributed by atoms with Crippen LogP contribution in [0.15, 0.2) is 0 Å². The molecular formula is C17H31N3. The topological polar surface area (TPSA) is 29.9 Å². The molecule has 2 rings (SSSR count). The first kappa shape index (κ1) is 15.6. The molecule has 114 valence electrons. The molecule has 1 fully saturated rings. The van der Waals surface area contributed by atoms with Gasteiger partial charge in [-0.3, -0.25) is 4.68 Å². The third kappa shape index (κ3) is 3.63. The van der Waals surface area contributed by atoms with Gasteiger partial charge in [-0.2, -0.15) is 5.10 Å². The molecule has 1 heterocycles. The van der Waals surface area contributed by atoms with Gasteiger partial charge in [0.05, 0.1) is 5.69 Å². The van der Waals surface area contributed by atoms with Crippen LogP contribution in [-0.4, -0.2) is 22.4 Å². The maximum atomic E-state index is 4.54. The van der Waals surface area contributed by atoms with E-state index in [1.165, 1.54) is 61.9 Å². The lowest BCUT2D eigenvalue weighted by atomic mass is 9.81. The van der Waals surface area contributed by atoms with Crippen molar-refractivity contribution in [1.29, 1.82) is 0 Å². The molecule has 1 aromatic heterocycles. The molecule has 0 aliphatic heterocycles. The van der Waals surface area contributed by atoms with Crippen LogP contribution in [0.4, 0.5) is 0 Å². The van der Waals surface area contributed by atoms with Crippen molar-refractivity contribution in [2.75, 3.05) is 6.54 Å². The van der Waals surface area contributed by atoms with E-state index in [9.17, 15) is 0 Å². The zero-order valence-corrected chi connectivity index (χ0v) is 13.7. The minimum atomic E-state index is 0.694. The van der Waals surface area contributed by atoms with Crippen LogP contribution >= 0.6 is 0 Å². The Morgan fingerprint density at radius 3 is 2.50 bits per heavy atom. The summed E-state index contributed by atoms with van der Waals surface area (Å²) < 4.78 is 2.02. The fourth-order valence-corrected chi connectivity index (χ4v) is 3.78. The molecule has 1 aromatic rings. The molecule has 3 heteroatoms. The van der Waals surface area contributed by atoms with Gasteiger partial charge in [-0.15, -0.1) is 0 Å². The number of rotatable bonds is 6. The first-order chi connectivity index (χ1) is 9.63. The van der Waals surface area contributed by atoms with Gasteiger partial charge >= 0.3 is 0 Å². The summed E-state index contributed by atoms with van der Waals surface area (Å²) >= 11 is 0. The number of nitrogens with zero attached hydrogens (tertiary/aromatic N) is 2. The molecule has 0 spiro atoms. The van der Waals surface area contributed by atoms with Crippen molar-refractivity contribution < 1.29 is 0 Å². The number of aromatic nitrogens is 2. The van der Waals surface area contributed by atoms with Gasteiger partial charge in [-0.05, 0) is 57.6 Å². The van der Waals surface area contributed by atoms with E-state index in [0.29, 0.717) is 6.04 Å². The molecule has 1 unspecified atom stereocenters. The minimum Gasteiger partial charge on any atom is -0.314 e. The van der Waals surface area contributed by atoms with Crippen molar-refractivity contribution in [3.63, 3.8) is 0 Å². The number of hydrogen-bond acceptors (Lipinski definition) is 2. The molecular weight excluding hydrogens is 246 g/mol. The predicted molar refractivity (Wildman–Crippen MR) is 85.0 cm³/mol. The molecule has 0 bridgehead atoms. The first-order valence-electron chi connectivity index (χ1n) is 8.36. The summed E-state index contributed by atoms with van der Waals surface area (Å²) in [5, 5.41) is 8.28. The molecule has 1 aliphatic carbocycles. The molecule has 0 radical (unpaired) electrons. The van der Waals surface area contributed by atoms with E-state index in [1.807, 2.05) is 4.68 Å². The van der Waals surface area contributed by atoms with Gasteiger partial charge in [-0.25, -0.2) is 0 Å². The Bertz CT molecular complexity index is 416. The summed E-state index contributed by atoms with van der Waals surface area (Å²) in [6, 6.07) is 0.694. The second kappa shape index (κ2) is 7.26. The third-order valence-electron chi connectivity index (χ3n) is 5.05. The molecule has 1 atom stereocenters. The second-order valence-electron chi connectivity index (χ2n) is 6.37. The molecule has 0 aromatic carbocycles. The normalized spacial score (nSPS) is 18.4. The highest BCUT2D eigenvalue weighted by Crippen LogP contribution is 2.29. The van der Waals surface area contributed by atoms with E-state index < -0.39 is 0 Å². The lowest BCUT2D eigenvalue weighted by molar-refractivity contribution is 0.260. The average Bonchev–Trinajstić information content (AvgIpc) is 2.70. The fraction of sp³-hybridized carbons (Fsp3) is 0.824. The SMILES string of the molecule is CCNC(CCc1c(C)nn(C)c1C)C1CCCCC1. The molecule has 0 amide bonds. The van der Waals surface area contributed by atoms with Crippen molar-refractivity contribution in [3.05, 3.63) is 17.0 Å². The highest BCUT2D eigenvalue weighted by molar-refractivity contribution is 5.24. The molecule has 1 N–H and O–H groups in total. The second-order valence-corrected chi connectivity index (χ2v) is 6.37. The number of nitrogens with one attached hydrogen (secondary N) is 1. The summed E-state index contributed by atoms with van der Waals surface area (Å²) in [6.45, 7) is 7.66. The molecule has 3 nitrogen and oxygen atoms in total. The van der Waals surface area contributed by atoms with E-state index in [0.717, 1.165) is 12.5 Å². The fourth-order valence-electron chi connectivity index (χ4n) is 3.78. The maximum absolute atomic E-state index is 4.54. The quantitative estimate of drug-likeness (QED) is 0.862. The lowest BCUT2D eigenvalue weighted by Gasteiger charge is -2.31. The molecule has 0 saturated heterocycles. The van der Waals surface area contributed by atoms with Gasteiger partial charge in [0.25, 0.3) is 0 Å². The molecule has 1 aliphatic rings. The Balaban J connectivity index is 1.97. The monoisotopic (exact) mass is 277 g/mol. The van der Waals surface area contributed by atoms with E-state index in [1.54, 1.807) is 0 Å². The Morgan fingerprint density at radius 2 is 1.95 bits per heavy atom. The third-order valence-corrected chi connectivity index (χ3v) is 5.05. The summed E-state index contributed by atoms with van der Waals surface area (Å²) in [6.07, 6.45) is 9.56. The maximum Gasteiger partial charge on any atom is 0.0628 e. The van der Waals surface area contributed by atoms with Crippen LogP contribution in [0.3, 0.4) is 0 Å². The van der Waals surface area contributed by atoms with Gasteiger partial charge < -0.3 is 5.32 Å². The van der Waals surface area contributed by atoms with E-state index in [2.05, 4.69) is 38.2 Å². The first-order valence-corrected chi connectivity index (χ1v) is 8.36. The van der Waals surface area contributed by atoms with E-state index >= 15 is 0 Å². The smallest absolute Gasteiger partial charge is 0.0628 e. The van der Waals surface area contributed by atoms with Crippen LogP contribution in [0.5, 0.6) is 0 Å². The summed E-state index contributed by atoms with van der Waals surface area (Å²) in [7, 11) is 2.05. The van der Waals surface area contributed by atoms with Gasteiger partial charge in [0.1, 0.15) is 0 Å². The van der Waals surface area contributed by atoms with Crippen LogP contribution in [0.2, 0.25) is 0 Å². The summed E-state index contributed by atoms with van der Waals surface area (Å²) in [4.78, 5) is 0. The highest BCUT2D eigenvalue weighted by atomic mass is 15.3. The van der Waals surface area contributed by atoms with Crippen molar-refractivity contribution in [3.8, 4) is 0 Å². The van der Waals surface area contributed by atoms with Crippen LogP contribution in [-0.2, 0) is 13.5 Å². The highest BCUT2D eigenvalue weighted by Gasteiger charge is 2.23. The molecule has 20 heavy (non-hydrogen) atoms. The van der Waals surface area contributed by atoms with Crippen molar-refractivity contribution in [2.45, 2.75) is 71.8 Å². The minimum absolute atomic E-state index is 0.694. The van der Waals surface area contributed by atoms with E-state index in [4.69, 9.17) is 0 Å². The zero-order chi connectivity index (χ0) is 14.5. The van der Waals surface area contributed by atoms with Crippen molar-refractivity contribution in [2.24, 2.45) is 13.0 Å². The van der Waals surface area contributed by atoms with Gasteiger partial charge in [0.15, 0.2) is 0 Å². The summed E-state index contributed by atoms with van der Waals surface area (Å²) in [5.74, 6) is 0.890. The van der Waals surface area contributed by atoms with Crippen molar-refractivity contribution in [1.82, 2.24) is 15.1 Å². The Labute approximate surface area is 124 Å². The number of hydrogen-bond donors (Lipinski definition) is 1. The average molecular weight is 277 g/mol. The standard InChI is InChI=1S/C17H31N3/c1-5-18-17(15-9-7-6-8-10-15)12-11-16-13(2)19-20(4)14(16)3/h15,17-18H,5-12H2,1-4H3. The summed E-state index contributed by atoms with van der Waals surface area (Å²) in [5.41, 5.74) is 4.01. The van der Waals surface area contributed by atoms with Crippen molar-refractivity contribution >= 4 is 0 Å². The van der Waals surface area contributed by atoms with Crippen LogP contribution in [0.25, 0.3) is 0 Å². The van der Waals surface area contributed by atoms with Crippen LogP contribution in [0, 0.1) is 19.8 Å². The zero-order valence-electron chi connectivity index (χ0n) is 13.7. The Kier molecular flexibility index (Phi) is 5.64. The van der Waals surface area contributed by atoms with E-state index in [-0.39, 0.29) is 0 Å². The lowest BCUT2D eigenvalue weighted by Crippen LogP contribution is -2.37. The molecule has 1 saturated carbocycles. The largest absolute Gasteiger partial charge is 0.314 e. The number of aryl methyl sites for hydroxylation is 2.